The van der Waals surface area contributed by atoms with Gasteiger partial charge in [0.15, 0.2) is 5.13 Å². The summed E-state index contributed by atoms with van der Waals surface area (Å²) in [6.07, 6.45) is 3.58. The minimum absolute atomic E-state index is 0.154. The fraction of sp³-hybridized carbons (Fsp3) is 0.444. The van der Waals surface area contributed by atoms with Crippen molar-refractivity contribution in [3.05, 3.63) is 46.2 Å². The van der Waals surface area contributed by atoms with Crippen molar-refractivity contribution in [3.8, 4) is 0 Å². The average Bonchev–Trinajstić information content (AvgIpc) is 3.05. The van der Waals surface area contributed by atoms with Gasteiger partial charge in [0.25, 0.3) is 5.91 Å². The van der Waals surface area contributed by atoms with Crippen LogP contribution in [0.5, 0.6) is 0 Å². The minimum Gasteiger partial charge on any atom is -0.368 e. The Labute approximate surface area is 150 Å². The van der Waals surface area contributed by atoms with E-state index in [1.54, 1.807) is 32.4 Å². The van der Waals surface area contributed by atoms with Crippen molar-refractivity contribution in [2.75, 3.05) is 25.5 Å². The normalized spacial score (nSPS) is 16.6. The number of ether oxygens (including phenoxy) is 1. The standard InChI is InChI=1S/C18H22FN3O2S/c1-12-3-4-13(10-15(12)19)9-14-11-21-17(25-14)22-16(23)18(24-2)5-7-20-8-6-18/h3-4,10-11,20H,5-9H2,1-2H3,(H,21,22,23). The molecule has 0 unspecified atom stereocenters. The van der Waals surface area contributed by atoms with Crippen molar-refractivity contribution < 1.29 is 13.9 Å². The van der Waals surface area contributed by atoms with Crippen molar-refractivity contribution in [3.63, 3.8) is 0 Å². The molecule has 3 rings (SSSR count). The molecule has 0 saturated carbocycles. The van der Waals surface area contributed by atoms with Gasteiger partial charge in [-0.05, 0) is 50.0 Å². The molecular weight excluding hydrogens is 341 g/mol. The summed E-state index contributed by atoms with van der Waals surface area (Å²) in [7, 11) is 1.57. The van der Waals surface area contributed by atoms with E-state index < -0.39 is 5.60 Å². The summed E-state index contributed by atoms with van der Waals surface area (Å²) >= 11 is 1.40. The molecule has 1 fully saturated rings. The molecular formula is C18H22FN3O2S. The average molecular weight is 363 g/mol. The number of carbonyl (C=O) groups is 1. The first-order chi connectivity index (χ1) is 12.0. The molecule has 1 saturated heterocycles. The SMILES string of the molecule is COC1(C(=O)Nc2ncc(Cc3ccc(C)c(F)c3)s2)CCNCC1. The van der Waals surface area contributed by atoms with Gasteiger partial charge in [0, 0.05) is 24.6 Å². The Hall–Kier alpha value is -1.83. The molecule has 7 heteroatoms. The number of nitrogens with one attached hydrogen (secondary N) is 2. The Balaban J connectivity index is 1.66. The number of methoxy groups -OCH3 is 1. The lowest BCUT2D eigenvalue weighted by molar-refractivity contribution is -0.140. The third kappa shape index (κ3) is 4.05. The lowest BCUT2D eigenvalue weighted by atomic mass is 9.91. The number of aryl methyl sites for hydroxylation is 1. The van der Waals surface area contributed by atoms with Crippen LogP contribution in [0.2, 0.25) is 0 Å². The van der Waals surface area contributed by atoms with Crippen LogP contribution in [-0.4, -0.2) is 36.7 Å². The molecule has 5 nitrogen and oxygen atoms in total. The van der Waals surface area contributed by atoms with E-state index in [4.69, 9.17) is 4.74 Å². The van der Waals surface area contributed by atoms with Gasteiger partial charge in [-0.2, -0.15) is 0 Å². The zero-order chi connectivity index (χ0) is 17.9. The van der Waals surface area contributed by atoms with E-state index in [0.717, 1.165) is 23.5 Å². The molecule has 2 heterocycles. The largest absolute Gasteiger partial charge is 0.368 e. The second kappa shape index (κ2) is 7.59. The molecule has 0 spiro atoms. The number of benzene rings is 1. The van der Waals surface area contributed by atoms with Gasteiger partial charge < -0.3 is 10.1 Å². The fourth-order valence-corrected chi connectivity index (χ4v) is 3.80. The Morgan fingerprint density at radius 3 is 2.88 bits per heavy atom. The van der Waals surface area contributed by atoms with Crippen molar-refractivity contribution in [1.29, 1.82) is 0 Å². The summed E-state index contributed by atoms with van der Waals surface area (Å²) in [5, 5.41) is 6.64. The van der Waals surface area contributed by atoms with Crippen LogP contribution in [-0.2, 0) is 16.0 Å². The summed E-state index contributed by atoms with van der Waals surface area (Å²) in [5.41, 5.74) is 0.723. The molecule has 1 amide bonds. The number of anilines is 1. The highest BCUT2D eigenvalue weighted by Crippen LogP contribution is 2.27. The van der Waals surface area contributed by atoms with Crippen molar-refractivity contribution in [1.82, 2.24) is 10.3 Å². The van der Waals surface area contributed by atoms with Crippen LogP contribution >= 0.6 is 11.3 Å². The lowest BCUT2D eigenvalue weighted by Crippen LogP contribution is -2.51. The van der Waals surface area contributed by atoms with Crippen molar-refractivity contribution >= 4 is 22.4 Å². The van der Waals surface area contributed by atoms with E-state index in [2.05, 4.69) is 15.6 Å². The van der Waals surface area contributed by atoms with Gasteiger partial charge in [-0.3, -0.25) is 10.1 Å². The zero-order valence-corrected chi connectivity index (χ0v) is 15.2. The van der Waals surface area contributed by atoms with E-state index >= 15 is 0 Å². The van der Waals surface area contributed by atoms with E-state index in [0.29, 0.717) is 30.0 Å². The number of nitrogens with zero attached hydrogens (tertiary/aromatic N) is 1. The molecule has 1 aliphatic heterocycles. The fourth-order valence-electron chi connectivity index (χ4n) is 2.96. The van der Waals surface area contributed by atoms with Gasteiger partial charge >= 0.3 is 0 Å². The van der Waals surface area contributed by atoms with Crippen LogP contribution in [0.4, 0.5) is 9.52 Å². The Kier molecular flexibility index (Phi) is 5.46. The van der Waals surface area contributed by atoms with E-state index in [-0.39, 0.29) is 11.7 Å². The van der Waals surface area contributed by atoms with Crippen LogP contribution in [0.15, 0.2) is 24.4 Å². The number of piperidine rings is 1. The first-order valence-corrected chi connectivity index (χ1v) is 9.11. The predicted molar refractivity (Wildman–Crippen MR) is 96.5 cm³/mol. The molecule has 1 aromatic heterocycles. The van der Waals surface area contributed by atoms with Crippen molar-refractivity contribution in [2.45, 2.75) is 31.8 Å². The number of hydrogen-bond acceptors (Lipinski definition) is 5. The van der Waals surface area contributed by atoms with Gasteiger partial charge in [-0.25, -0.2) is 9.37 Å². The maximum absolute atomic E-state index is 13.7. The third-order valence-corrected chi connectivity index (χ3v) is 5.52. The number of hydrogen-bond donors (Lipinski definition) is 2. The van der Waals surface area contributed by atoms with Gasteiger partial charge in [0.2, 0.25) is 0 Å². The van der Waals surface area contributed by atoms with Crippen LogP contribution in [0.3, 0.4) is 0 Å². The summed E-state index contributed by atoms with van der Waals surface area (Å²) in [4.78, 5) is 17.9. The van der Waals surface area contributed by atoms with Gasteiger partial charge in [-0.1, -0.05) is 12.1 Å². The minimum atomic E-state index is -0.794. The molecule has 25 heavy (non-hydrogen) atoms. The van der Waals surface area contributed by atoms with Crippen LogP contribution in [0.25, 0.3) is 0 Å². The number of amides is 1. The van der Waals surface area contributed by atoms with Gasteiger partial charge in [0.05, 0.1) is 0 Å². The van der Waals surface area contributed by atoms with Crippen LogP contribution in [0.1, 0.15) is 28.8 Å². The molecule has 0 bridgehead atoms. The number of thiazole rings is 1. The number of carbonyl (C=O) groups excluding carboxylic acids is 1. The summed E-state index contributed by atoms with van der Waals surface area (Å²) in [6, 6.07) is 5.22. The van der Waals surface area contributed by atoms with E-state index in [1.165, 1.54) is 11.3 Å². The smallest absolute Gasteiger partial charge is 0.258 e. The quantitative estimate of drug-likeness (QED) is 0.857. The molecule has 2 aromatic rings. The predicted octanol–water partition coefficient (Wildman–Crippen LogP) is 2.89. The maximum atomic E-state index is 13.7. The molecule has 1 aromatic carbocycles. The molecule has 1 aliphatic rings. The molecule has 2 N–H and O–H groups in total. The van der Waals surface area contributed by atoms with Crippen LogP contribution < -0.4 is 10.6 Å². The number of aromatic nitrogens is 1. The molecule has 0 radical (unpaired) electrons. The molecule has 0 atom stereocenters. The highest BCUT2D eigenvalue weighted by atomic mass is 32.1. The first kappa shape index (κ1) is 18.0. The molecule has 0 aliphatic carbocycles. The summed E-state index contributed by atoms with van der Waals surface area (Å²) < 4.78 is 19.2. The number of halogens is 1. The van der Waals surface area contributed by atoms with E-state index in [9.17, 15) is 9.18 Å². The monoisotopic (exact) mass is 363 g/mol. The first-order valence-electron chi connectivity index (χ1n) is 8.29. The third-order valence-electron chi connectivity index (χ3n) is 4.60. The Morgan fingerprint density at radius 2 is 2.20 bits per heavy atom. The summed E-state index contributed by atoms with van der Waals surface area (Å²) in [6.45, 7) is 3.25. The van der Waals surface area contributed by atoms with E-state index in [1.807, 2.05) is 6.07 Å². The van der Waals surface area contributed by atoms with Gasteiger partial charge in [-0.15, -0.1) is 11.3 Å². The highest BCUT2D eigenvalue weighted by molar-refractivity contribution is 7.15. The topological polar surface area (TPSA) is 63.2 Å². The number of rotatable bonds is 5. The Bertz CT molecular complexity index is 757. The van der Waals surface area contributed by atoms with Crippen LogP contribution in [0, 0.1) is 12.7 Å². The van der Waals surface area contributed by atoms with Gasteiger partial charge in [0.1, 0.15) is 11.4 Å². The maximum Gasteiger partial charge on any atom is 0.258 e. The summed E-state index contributed by atoms with van der Waals surface area (Å²) in [5.74, 6) is -0.359. The lowest BCUT2D eigenvalue weighted by Gasteiger charge is -2.34. The second-order valence-electron chi connectivity index (χ2n) is 6.29. The molecule has 134 valence electrons. The Morgan fingerprint density at radius 1 is 1.44 bits per heavy atom. The highest BCUT2D eigenvalue weighted by Gasteiger charge is 2.40. The second-order valence-corrected chi connectivity index (χ2v) is 7.41. The van der Waals surface area contributed by atoms with Crippen molar-refractivity contribution in [2.24, 2.45) is 0 Å². The zero-order valence-electron chi connectivity index (χ0n) is 14.4.